The summed E-state index contributed by atoms with van der Waals surface area (Å²) in [5, 5.41) is 3.56. The van der Waals surface area contributed by atoms with Crippen LogP contribution in [0.25, 0.3) is 0 Å². The predicted octanol–water partition coefficient (Wildman–Crippen LogP) is 2.29. The quantitative estimate of drug-likeness (QED) is 0.710. The van der Waals surface area contributed by atoms with Crippen molar-refractivity contribution in [3.8, 4) is 0 Å². The predicted molar refractivity (Wildman–Crippen MR) is 53.4 cm³/mol. The third kappa shape index (κ3) is 2.28. The molecule has 0 amide bonds. The number of aromatic nitrogens is 1. The summed E-state index contributed by atoms with van der Waals surface area (Å²) in [6.07, 6.45) is 9.09. The second-order valence-corrected chi connectivity index (χ2v) is 3.64. The van der Waals surface area contributed by atoms with Crippen LogP contribution in [0.1, 0.15) is 37.3 Å². The van der Waals surface area contributed by atoms with Gasteiger partial charge in [-0.1, -0.05) is 18.9 Å². The SMILES string of the molecule is c1cncc(C2CCCCCN2)c1. The largest absolute Gasteiger partial charge is 0.310 e. The summed E-state index contributed by atoms with van der Waals surface area (Å²) in [6, 6.07) is 4.72. The molecule has 0 bridgehead atoms. The normalized spacial score (nSPS) is 23.8. The average Bonchev–Trinajstić information content (AvgIpc) is 2.47. The van der Waals surface area contributed by atoms with E-state index < -0.39 is 0 Å². The van der Waals surface area contributed by atoms with Gasteiger partial charge in [0.15, 0.2) is 0 Å². The molecule has 2 nitrogen and oxygen atoms in total. The molecule has 0 aromatic carbocycles. The maximum Gasteiger partial charge on any atom is 0.0335 e. The molecule has 1 aliphatic rings. The highest BCUT2D eigenvalue weighted by atomic mass is 14.9. The highest BCUT2D eigenvalue weighted by Crippen LogP contribution is 2.21. The van der Waals surface area contributed by atoms with Crippen LogP contribution in [-0.4, -0.2) is 11.5 Å². The van der Waals surface area contributed by atoms with Crippen LogP contribution in [0.3, 0.4) is 0 Å². The minimum atomic E-state index is 0.538. The van der Waals surface area contributed by atoms with Crippen molar-refractivity contribution in [2.75, 3.05) is 6.54 Å². The van der Waals surface area contributed by atoms with Crippen LogP contribution >= 0.6 is 0 Å². The minimum Gasteiger partial charge on any atom is -0.310 e. The fourth-order valence-corrected chi connectivity index (χ4v) is 1.90. The van der Waals surface area contributed by atoms with E-state index in [-0.39, 0.29) is 0 Å². The molecule has 1 N–H and O–H groups in total. The number of hydrogen-bond donors (Lipinski definition) is 1. The maximum absolute atomic E-state index is 4.15. The van der Waals surface area contributed by atoms with Crippen molar-refractivity contribution < 1.29 is 0 Å². The van der Waals surface area contributed by atoms with E-state index in [0.29, 0.717) is 6.04 Å². The lowest BCUT2D eigenvalue weighted by molar-refractivity contribution is 0.533. The molecule has 1 aromatic rings. The Hall–Kier alpha value is -0.890. The first-order chi connectivity index (χ1) is 6.47. The van der Waals surface area contributed by atoms with Crippen molar-refractivity contribution in [1.29, 1.82) is 0 Å². The monoisotopic (exact) mass is 176 g/mol. The Morgan fingerprint density at radius 3 is 3.15 bits per heavy atom. The fourth-order valence-electron chi connectivity index (χ4n) is 1.90. The number of pyridine rings is 1. The van der Waals surface area contributed by atoms with E-state index >= 15 is 0 Å². The van der Waals surface area contributed by atoms with E-state index in [2.05, 4.69) is 16.4 Å². The van der Waals surface area contributed by atoms with Crippen molar-refractivity contribution in [3.05, 3.63) is 30.1 Å². The van der Waals surface area contributed by atoms with Gasteiger partial charge in [0.1, 0.15) is 0 Å². The van der Waals surface area contributed by atoms with Crippen molar-refractivity contribution in [2.24, 2.45) is 0 Å². The molecule has 13 heavy (non-hydrogen) atoms. The molecule has 1 fully saturated rings. The number of nitrogens with one attached hydrogen (secondary N) is 1. The van der Waals surface area contributed by atoms with Gasteiger partial charge in [-0.2, -0.15) is 0 Å². The van der Waals surface area contributed by atoms with Gasteiger partial charge in [-0.3, -0.25) is 4.98 Å². The van der Waals surface area contributed by atoms with Gasteiger partial charge in [-0.15, -0.1) is 0 Å². The molecule has 0 aliphatic carbocycles. The molecule has 0 saturated carbocycles. The van der Waals surface area contributed by atoms with Crippen molar-refractivity contribution >= 4 is 0 Å². The number of nitrogens with zero attached hydrogens (tertiary/aromatic N) is 1. The van der Waals surface area contributed by atoms with Crippen LogP contribution in [-0.2, 0) is 0 Å². The third-order valence-electron chi connectivity index (χ3n) is 2.65. The molecule has 0 spiro atoms. The molecule has 1 atom stereocenters. The van der Waals surface area contributed by atoms with Crippen molar-refractivity contribution in [3.63, 3.8) is 0 Å². The van der Waals surface area contributed by atoms with Gasteiger partial charge in [-0.25, -0.2) is 0 Å². The van der Waals surface area contributed by atoms with Gasteiger partial charge in [-0.05, 0) is 31.0 Å². The van der Waals surface area contributed by atoms with Crippen LogP contribution in [0.2, 0.25) is 0 Å². The lowest BCUT2D eigenvalue weighted by Gasteiger charge is -2.15. The Bertz CT molecular complexity index is 238. The van der Waals surface area contributed by atoms with Gasteiger partial charge in [0, 0.05) is 18.4 Å². The van der Waals surface area contributed by atoms with Gasteiger partial charge in [0.25, 0.3) is 0 Å². The second kappa shape index (κ2) is 4.38. The summed E-state index contributed by atoms with van der Waals surface area (Å²) < 4.78 is 0. The first-order valence-electron chi connectivity index (χ1n) is 5.10. The summed E-state index contributed by atoms with van der Waals surface area (Å²) in [5.41, 5.74) is 1.34. The first kappa shape index (κ1) is 8.70. The van der Waals surface area contributed by atoms with E-state index in [0.717, 1.165) is 6.54 Å². The summed E-state index contributed by atoms with van der Waals surface area (Å²) in [6.45, 7) is 1.15. The fraction of sp³-hybridized carbons (Fsp3) is 0.545. The van der Waals surface area contributed by atoms with Crippen LogP contribution in [0.4, 0.5) is 0 Å². The van der Waals surface area contributed by atoms with Crippen LogP contribution in [0.15, 0.2) is 24.5 Å². The Labute approximate surface area is 79.4 Å². The lowest BCUT2D eigenvalue weighted by Crippen LogP contribution is -2.20. The standard InChI is InChI=1S/C11H16N2/c1-2-6-11(13-8-3-1)10-5-4-7-12-9-10/h4-5,7,9,11,13H,1-3,6,8H2. The molecule has 2 heterocycles. The highest BCUT2D eigenvalue weighted by molar-refractivity contribution is 5.13. The number of hydrogen-bond acceptors (Lipinski definition) is 2. The molecule has 2 rings (SSSR count). The maximum atomic E-state index is 4.15. The van der Waals surface area contributed by atoms with E-state index in [4.69, 9.17) is 0 Å². The summed E-state index contributed by atoms with van der Waals surface area (Å²) >= 11 is 0. The van der Waals surface area contributed by atoms with Crippen molar-refractivity contribution in [1.82, 2.24) is 10.3 Å². The first-order valence-corrected chi connectivity index (χ1v) is 5.10. The third-order valence-corrected chi connectivity index (χ3v) is 2.65. The molecular weight excluding hydrogens is 160 g/mol. The molecule has 1 saturated heterocycles. The Morgan fingerprint density at radius 2 is 2.31 bits per heavy atom. The molecule has 1 aliphatic heterocycles. The lowest BCUT2D eigenvalue weighted by atomic mass is 10.0. The minimum absolute atomic E-state index is 0.538. The molecule has 0 radical (unpaired) electrons. The summed E-state index contributed by atoms with van der Waals surface area (Å²) in [5.74, 6) is 0. The van der Waals surface area contributed by atoms with Crippen molar-refractivity contribution in [2.45, 2.75) is 31.7 Å². The van der Waals surface area contributed by atoms with E-state index in [9.17, 15) is 0 Å². The second-order valence-electron chi connectivity index (χ2n) is 3.64. The molecular formula is C11H16N2. The summed E-state index contributed by atoms with van der Waals surface area (Å²) in [4.78, 5) is 4.15. The Morgan fingerprint density at radius 1 is 1.31 bits per heavy atom. The zero-order valence-corrected chi connectivity index (χ0v) is 7.87. The zero-order chi connectivity index (χ0) is 8.93. The van der Waals surface area contributed by atoms with E-state index in [1.165, 1.54) is 31.2 Å². The molecule has 1 aromatic heterocycles. The van der Waals surface area contributed by atoms with Gasteiger partial charge < -0.3 is 5.32 Å². The van der Waals surface area contributed by atoms with Gasteiger partial charge >= 0.3 is 0 Å². The molecule has 70 valence electrons. The summed E-state index contributed by atoms with van der Waals surface area (Å²) in [7, 11) is 0. The molecule has 2 heteroatoms. The highest BCUT2D eigenvalue weighted by Gasteiger charge is 2.12. The Kier molecular flexibility index (Phi) is 2.93. The van der Waals surface area contributed by atoms with Crippen LogP contribution in [0.5, 0.6) is 0 Å². The average molecular weight is 176 g/mol. The van der Waals surface area contributed by atoms with Crippen LogP contribution in [0, 0.1) is 0 Å². The van der Waals surface area contributed by atoms with E-state index in [1.807, 2.05) is 18.5 Å². The number of rotatable bonds is 1. The van der Waals surface area contributed by atoms with Gasteiger partial charge in [0.2, 0.25) is 0 Å². The van der Waals surface area contributed by atoms with Crippen LogP contribution < -0.4 is 5.32 Å². The molecule has 1 unspecified atom stereocenters. The Balaban J connectivity index is 2.06. The van der Waals surface area contributed by atoms with E-state index in [1.54, 1.807) is 0 Å². The van der Waals surface area contributed by atoms with Gasteiger partial charge in [0.05, 0.1) is 0 Å². The zero-order valence-electron chi connectivity index (χ0n) is 7.87. The topological polar surface area (TPSA) is 24.9 Å². The smallest absolute Gasteiger partial charge is 0.0335 e.